The Labute approximate surface area is 125 Å². The summed E-state index contributed by atoms with van der Waals surface area (Å²) < 4.78 is 0. The van der Waals surface area contributed by atoms with Crippen molar-refractivity contribution in [2.45, 2.75) is 31.7 Å². The summed E-state index contributed by atoms with van der Waals surface area (Å²) in [5.74, 6) is 5.78. The van der Waals surface area contributed by atoms with Crippen molar-refractivity contribution in [2.24, 2.45) is 5.73 Å². The van der Waals surface area contributed by atoms with Crippen LogP contribution in [-0.4, -0.2) is 41.7 Å². The smallest absolute Gasteiger partial charge is 0.255 e. The summed E-state index contributed by atoms with van der Waals surface area (Å²) in [7, 11) is 0. The van der Waals surface area contributed by atoms with E-state index >= 15 is 0 Å². The van der Waals surface area contributed by atoms with Gasteiger partial charge in [0.05, 0.1) is 12.1 Å². The molecule has 0 saturated heterocycles. The van der Waals surface area contributed by atoms with E-state index in [1.807, 2.05) is 29.2 Å². The second-order valence-electron chi connectivity index (χ2n) is 5.21. The van der Waals surface area contributed by atoms with Crippen LogP contribution in [0.5, 0.6) is 0 Å². The van der Waals surface area contributed by atoms with E-state index < -0.39 is 0 Å². The molecule has 1 aliphatic rings. The molecule has 1 fully saturated rings. The second-order valence-corrected chi connectivity index (χ2v) is 5.21. The molecule has 1 amide bonds. The Balaban J connectivity index is 2.23. The number of rotatable bonds is 5. The fourth-order valence-corrected chi connectivity index (χ4v) is 2.47. The minimum atomic E-state index is 0.00933. The van der Waals surface area contributed by atoms with E-state index in [0.29, 0.717) is 24.6 Å². The Morgan fingerprint density at radius 3 is 2.76 bits per heavy atom. The third-order valence-electron chi connectivity index (χ3n) is 3.82. The SMILES string of the molecule is NCC#Cc1ccccc1C(=O)N(CCCO)C1CCC1. The lowest BCUT2D eigenvalue weighted by molar-refractivity contribution is 0.0562. The van der Waals surface area contributed by atoms with Crippen LogP contribution in [0.15, 0.2) is 24.3 Å². The second kappa shape index (κ2) is 7.82. The topological polar surface area (TPSA) is 66.6 Å². The van der Waals surface area contributed by atoms with Gasteiger partial charge in [-0.15, -0.1) is 0 Å². The normalized spacial score (nSPS) is 14.0. The van der Waals surface area contributed by atoms with Gasteiger partial charge in [0.1, 0.15) is 0 Å². The molecule has 0 aliphatic heterocycles. The molecule has 112 valence electrons. The Hall–Kier alpha value is -1.83. The maximum absolute atomic E-state index is 12.8. The molecule has 21 heavy (non-hydrogen) atoms. The van der Waals surface area contributed by atoms with Gasteiger partial charge in [-0.25, -0.2) is 0 Å². The number of aliphatic hydroxyl groups is 1. The molecule has 0 radical (unpaired) electrons. The summed E-state index contributed by atoms with van der Waals surface area (Å²) in [5.41, 5.74) is 6.76. The summed E-state index contributed by atoms with van der Waals surface area (Å²) >= 11 is 0. The van der Waals surface area contributed by atoms with Crippen molar-refractivity contribution in [1.82, 2.24) is 4.90 Å². The Morgan fingerprint density at radius 2 is 2.14 bits per heavy atom. The van der Waals surface area contributed by atoms with Crippen molar-refractivity contribution in [3.8, 4) is 11.8 Å². The minimum absolute atomic E-state index is 0.00933. The highest BCUT2D eigenvalue weighted by molar-refractivity contribution is 5.97. The number of hydrogen-bond acceptors (Lipinski definition) is 3. The molecule has 0 aromatic heterocycles. The highest BCUT2D eigenvalue weighted by atomic mass is 16.3. The first-order valence-electron chi connectivity index (χ1n) is 7.47. The molecule has 4 nitrogen and oxygen atoms in total. The number of nitrogens with two attached hydrogens (primary N) is 1. The van der Waals surface area contributed by atoms with Crippen LogP contribution >= 0.6 is 0 Å². The van der Waals surface area contributed by atoms with E-state index in [-0.39, 0.29) is 19.1 Å². The maximum Gasteiger partial charge on any atom is 0.255 e. The molecule has 1 saturated carbocycles. The number of nitrogens with zero attached hydrogens (tertiary/aromatic N) is 1. The summed E-state index contributed by atoms with van der Waals surface area (Å²) in [6.45, 7) is 0.975. The van der Waals surface area contributed by atoms with Crippen molar-refractivity contribution in [3.63, 3.8) is 0 Å². The monoisotopic (exact) mass is 286 g/mol. The van der Waals surface area contributed by atoms with E-state index in [2.05, 4.69) is 11.8 Å². The van der Waals surface area contributed by atoms with Crippen molar-refractivity contribution in [1.29, 1.82) is 0 Å². The van der Waals surface area contributed by atoms with Gasteiger partial charge in [-0.05, 0) is 37.8 Å². The number of carbonyl (C=O) groups is 1. The summed E-state index contributed by atoms with van der Waals surface area (Å²) in [6.07, 6.45) is 3.88. The van der Waals surface area contributed by atoms with Crippen LogP contribution in [0.2, 0.25) is 0 Å². The number of hydrogen-bond donors (Lipinski definition) is 2. The van der Waals surface area contributed by atoms with E-state index in [4.69, 9.17) is 10.8 Å². The van der Waals surface area contributed by atoms with Crippen LogP contribution in [0.25, 0.3) is 0 Å². The zero-order valence-electron chi connectivity index (χ0n) is 12.2. The molecule has 4 heteroatoms. The van der Waals surface area contributed by atoms with Crippen LogP contribution in [-0.2, 0) is 0 Å². The molecule has 0 spiro atoms. The van der Waals surface area contributed by atoms with Crippen molar-refractivity contribution >= 4 is 5.91 Å². The molecule has 1 aromatic rings. The van der Waals surface area contributed by atoms with Gasteiger partial charge >= 0.3 is 0 Å². The highest BCUT2D eigenvalue weighted by Gasteiger charge is 2.29. The average Bonchev–Trinajstić information content (AvgIpc) is 2.47. The van der Waals surface area contributed by atoms with Crippen LogP contribution in [0.3, 0.4) is 0 Å². The van der Waals surface area contributed by atoms with Crippen LogP contribution in [0.4, 0.5) is 0 Å². The third kappa shape index (κ3) is 3.84. The van der Waals surface area contributed by atoms with E-state index in [9.17, 15) is 4.79 Å². The standard InChI is InChI=1S/C17H22N2O2/c18-11-4-7-14-6-1-2-10-16(14)17(21)19(12-5-13-20)15-8-3-9-15/h1-2,6,10,15,20H,3,5,8-9,11-13,18H2. The van der Waals surface area contributed by atoms with Crippen LogP contribution < -0.4 is 5.73 Å². The molecule has 0 unspecified atom stereocenters. The van der Waals surface area contributed by atoms with Gasteiger partial charge in [-0.3, -0.25) is 4.79 Å². The summed E-state index contributed by atoms with van der Waals surface area (Å²) in [5, 5.41) is 9.04. The van der Waals surface area contributed by atoms with Gasteiger partial charge in [0, 0.05) is 24.8 Å². The zero-order valence-corrected chi connectivity index (χ0v) is 12.2. The first-order valence-corrected chi connectivity index (χ1v) is 7.47. The Kier molecular flexibility index (Phi) is 5.79. The summed E-state index contributed by atoms with van der Waals surface area (Å²) in [4.78, 5) is 14.7. The quantitative estimate of drug-likeness (QED) is 0.804. The zero-order chi connectivity index (χ0) is 15.1. The first-order chi connectivity index (χ1) is 10.3. The van der Waals surface area contributed by atoms with E-state index in [0.717, 1.165) is 18.4 Å². The first kappa shape index (κ1) is 15.6. The lowest BCUT2D eigenvalue weighted by atomic mass is 9.90. The van der Waals surface area contributed by atoms with Crippen molar-refractivity contribution in [2.75, 3.05) is 19.7 Å². The van der Waals surface area contributed by atoms with Gasteiger partial charge in [0.15, 0.2) is 0 Å². The van der Waals surface area contributed by atoms with Crippen LogP contribution in [0.1, 0.15) is 41.6 Å². The largest absolute Gasteiger partial charge is 0.396 e. The number of aliphatic hydroxyl groups excluding tert-OH is 1. The molecule has 3 N–H and O–H groups in total. The molecule has 0 atom stereocenters. The lowest BCUT2D eigenvalue weighted by Crippen LogP contribution is -2.45. The molecule has 1 aromatic carbocycles. The van der Waals surface area contributed by atoms with Gasteiger partial charge in [0.25, 0.3) is 5.91 Å². The Bertz CT molecular complexity index is 541. The average molecular weight is 286 g/mol. The summed E-state index contributed by atoms with van der Waals surface area (Å²) in [6, 6.07) is 7.69. The predicted octanol–water partition coefficient (Wildman–Crippen LogP) is 1.37. The molecule has 2 rings (SSSR count). The van der Waals surface area contributed by atoms with Gasteiger partial charge in [-0.2, -0.15) is 0 Å². The lowest BCUT2D eigenvalue weighted by Gasteiger charge is -2.37. The highest BCUT2D eigenvalue weighted by Crippen LogP contribution is 2.27. The van der Waals surface area contributed by atoms with E-state index in [1.54, 1.807) is 0 Å². The van der Waals surface area contributed by atoms with Gasteiger partial charge in [-0.1, -0.05) is 24.0 Å². The van der Waals surface area contributed by atoms with Crippen molar-refractivity contribution < 1.29 is 9.90 Å². The van der Waals surface area contributed by atoms with E-state index in [1.165, 1.54) is 6.42 Å². The maximum atomic E-state index is 12.8. The minimum Gasteiger partial charge on any atom is -0.396 e. The molecular weight excluding hydrogens is 264 g/mol. The third-order valence-corrected chi connectivity index (χ3v) is 3.82. The fraction of sp³-hybridized carbons (Fsp3) is 0.471. The molecular formula is C17H22N2O2. The fourth-order valence-electron chi connectivity index (χ4n) is 2.47. The number of carbonyl (C=O) groups excluding carboxylic acids is 1. The Morgan fingerprint density at radius 1 is 1.38 bits per heavy atom. The number of benzene rings is 1. The van der Waals surface area contributed by atoms with Gasteiger partial charge in [0.2, 0.25) is 0 Å². The predicted molar refractivity (Wildman–Crippen MR) is 82.8 cm³/mol. The number of amides is 1. The molecule has 1 aliphatic carbocycles. The molecule has 0 bridgehead atoms. The molecule has 0 heterocycles. The van der Waals surface area contributed by atoms with Crippen LogP contribution in [0, 0.1) is 11.8 Å². The van der Waals surface area contributed by atoms with Gasteiger partial charge < -0.3 is 15.7 Å². The van der Waals surface area contributed by atoms with Crippen molar-refractivity contribution in [3.05, 3.63) is 35.4 Å².